The van der Waals surface area contributed by atoms with Crippen LogP contribution in [-0.4, -0.2) is 47.4 Å². The first-order chi connectivity index (χ1) is 33.0. The number of hydrogen-bond donors (Lipinski definition) is 3. The van der Waals surface area contributed by atoms with Crippen LogP contribution >= 0.6 is 0 Å². The molecule has 6 nitrogen and oxygen atoms in total. The van der Waals surface area contributed by atoms with Gasteiger partial charge in [0.25, 0.3) is 0 Å². The van der Waals surface area contributed by atoms with Crippen molar-refractivity contribution in [1.29, 1.82) is 0 Å². The molecule has 0 aromatic heterocycles. The number of carbonyl (C=O) groups excluding carboxylic acids is 2. The number of rotatable bonds is 53. The highest BCUT2D eigenvalue weighted by Crippen LogP contribution is 2.15. The van der Waals surface area contributed by atoms with Gasteiger partial charge in [-0.1, -0.05) is 242 Å². The minimum absolute atomic E-state index is 0.00842. The van der Waals surface area contributed by atoms with Gasteiger partial charge in [-0.3, -0.25) is 9.59 Å². The van der Waals surface area contributed by atoms with Gasteiger partial charge >= 0.3 is 5.97 Å². The summed E-state index contributed by atoms with van der Waals surface area (Å²) in [5, 5.41) is 23.0. The Hall–Kier alpha value is -2.44. The van der Waals surface area contributed by atoms with Crippen LogP contribution in [0.15, 0.2) is 60.8 Å². The maximum absolute atomic E-state index is 12.4. The number of carbonyl (C=O) groups is 2. The summed E-state index contributed by atoms with van der Waals surface area (Å²) >= 11 is 0. The molecule has 6 heteroatoms. The summed E-state index contributed by atoms with van der Waals surface area (Å²) in [6, 6.07) is -0.636. The van der Waals surface area contributed by atoms with E-state index in [1.54, 1.807) is 6.08 Å². The molecule has 390 valence electrons. The molecule has 0 aliphatic carbocycles. The molecule has 0 aromatic carbocycles. The van der Waals surface area contributed by atoms with Crippen molar-refractivity contribution >= 4 is 11.9 Å². The lowest BCUT2D eigenvalue weighted by Gasteiger charge is -2.20. The second-order valence-electron chi connectivity index (χ2n) is 19.6. The molecule has 0 bridgehead atoms. The van der Waals surface area contributed by atoms with Gasteiger partial charge in [0.05, 0.1) is 25.4 Å². The fraction of sp³-hybridized carbons (Fsp3) is 0.803. The molecule has 67 heavy (non-hydrogen) atoms. The smallest absolute Gasteiger partial charge is 0.305 e. The van der Waals surface area contributed by atoms with Crippen LogP contribution < -0.4 is 5.32 Å². The third-order valence-electron chi connectivity index (χ3n) is 13.0. The van der Waals surface area contributed by atoms with Crippen molar-refractivity contribution in [3.8, 4) is 0 Å². The van der Waals surface area contributed by atoms with Crippen molar-refractivity contribution in [3.63, 3.8) is 0 Å². The van der Waals surface area contributed by atoms with Crippen LogP contribution in [0.3, 0.4) is 0 Å². The molecule has 0 spiro atoms. The summed E-state index contributed by atoms with van der Waals surface area (Å²) in [5.74, 6) is -0.0888. The molecule has 0 saturated carbocycles. The molecule has 2 unspecified atom stereocenters. The molecule has 0 rings (SSSR count). The first-order valence-electron chi connectivity index (χ1n) is 29.1. The van der Waals surface area contributed by atoms with Crippen LogP contribution in [0.5, 0.6) is 0 Å². The lowest BCUT2D eigenvalue weighted by Crippen LogP contribution is -2.45. The second kappa shape index (κ2) is 56.2. The third-order valence-corrected chi connectivity index (χ3v) is 13.0. The minimum atomic E-state index is -0.851. The Morgan fingerprint density at radius 1 is 0.418 bits per heavy atom. The van der Waals surface area contributed by atoms with Crippen molar-refractivity contribution in [2.24, 2.45) is 0 Å². The summed E-state index contributed by atoms with van der Waals surface area (Å²) < 4.78 is 5.47. The van der Waals surface area contributed by atoms with Crippen molar-refractivity contribution in [2.45, 2.75) is 302 Å². The van der Waals surface area contributed by atoms with Crippen LogP contribution in [0.4, 0.5) is 0 Å². The summed E-state index contributed by atoms with van der Waals surface area (Å²) in [7, 11) is 0. The van der Waals surface area contributed by atoms with Gasteiger partial charge in [-0.2, -0.15) is 0 Å². The molecule has 0 saturated heterocycles. The minimum Gasteiger partial charge on any atom is -0.466 e. The maximum Gasteiger partial charge on any atom is 0.305 e. The van der Waals surface area contributed by atoms with Crippen molar-refractivity contribution in [2.75, 3.05) is 13.2 Å². The van der Waals surface area contributed by atoms with Crippen LogP contribution in [0.1, 0.15) is 290 Å². The summed E-state index contributed by atoms with van der Waals surface area (Å²) in [6.45, 7) is 4.85. The van der Waals surface area contributed by atoms with E-state index in [2.05, 4.69) is 67.8 Å². The van der Waals surface area contributed by atoms with E-state index in [1.807, 2.05) is 6.08 Å². The van der Waals surface area contributed by atoms with Crippen molar-refractivity contribution in [1.82, 2.24) is 5.32 Å². The highest BCUT2D eigenvalue weighted by Gasteiger charge is 2.18. The Balaban J connectivity index is 3.48. The van der Waals surface area contributed by atoms with Crippen molar-refractivity contribution < 1.29 is 24.5 Å². The SMILES string of the molecule is CCCCC/C=C\C/C=C\CCCCCCCC(=O)OCCCCCCCCCCC/C=C\C/C=C\CCCCCCCCCC(=O)NC(CO)C(O)/C=C/CCCCCCCCCCCC. The van der Waals surface area contributed by atoms with Gasteiger partial charge in [-0.05, 0) is 96.3 Å². The number of hydrogen-bond acceptors (Lipinski definition) is 5. The van der Waals surface area contributed by atoms with E-state index in [1.165, 1.54) is 193 Å². The van der Waals surface area contributed by atoms with Gasteiger partial charge in [0.15, 0.2) is 0 Å². The van der Waals surface area contributed by atoms with E-state index >= 15 is 0 Å². The number of nitrogens with one attached hydrogen (secondary N) is 1. The van der Waals surface area contributed by atoms with Crippen LogP contribution in [0.2, 0.25) is 0 Å². The molecule has 0 radical (unpaired) electrons. The maximum atomic E-state index is 12.4. The lowest BCUT2D eigenvalue weighted by atomic mass is 10.1. The van der Waals surface area contributed by atoms with Crippen LogP contribution in [-0.2, 0) is 14.3 Å². The third kappa shape index (κ3) is 52.8. The molecule has 0 aliphatic heterocycles. The molecule has 0 aliphatic rings. The zero-order chi connectivity index (χ0) is 48.6. The van der Waals surface area contributed by atoms with Gasteiger partial charge in [0.2, 0.25) is 5.91 Å². The molecule has 0 aromatic rings. The van der Waals surface area contributed by atoms with E-state index in [4.69, 9.17) is 4.74 Å². The number of allylic oxidation sites excluding steroid dienone is 9. The Morgan fingerprint density at radius 3 is 1.16 bits per heavy atom. The average molecular weight is 939 g/mol. The van der Waals surface area contributed by atoms with Crippen LogP contribution in [0, 0.1) is 0 Å². The highest BCUT2D eigenvalue weighted by atomic mass is 16.5. The van der Waals surface area contributed by atoms with Gasteiger partial charge < -0.3 is 20.3 Å². The Morgan fingerprint density at radius 2 is 0.746 bits per heavy atom. The number of amides is 1. The van der Waals surface area contributed by atoms with E-state index < -0.39 is 12.1 Å². The summed E-state index contributed by atoms with van der Waals surface area (Å²) in [4.78, 5) is 24.5. The van der Waals surface area contributed by atoms with Crippen LogP contribution in [0.25, 0.3) is 0 Å². The Kier molecular flexibility index (Phi) is 54.1. The summed E-state index contributed by atoms with van der Waals surface area (Å²) in [6.07, 6.45) is 72.4. The molecule has 1 amide bonds. The van der Waals surface area contributed by atoms with E-state index in [0.717, 1.165) is 70.6 Å². The number of unbranched alkanes of at least 4 members (excludes halogenated alkanes) is 34. The number of aliphatic hydroxyl groups excluding tert-OH is 2. The normalized spacial score (nSPS) is 13.1. The monoisotopic (exact) mass is 938 g/mol. The van der Waals surface area contributed by atoms with Gasteiger partial charge in [-0.15, -0.1) is 0 Å². The van der Waals surface area contributed by atoms with E-state index in [-0.39, 0.29) is 18.5 Å². The lowest BCUT2D eigenvalue weighted by molar-refractivity contribution is -0.143. The zero-order valence-electron chi connectivity index (χ0n) is 44.4. The van der Waals surface area contributed by atoms with Gasteiger partial charge in [0.1, 0.15) is 0 Å². The molecular formula is C61H111NO5. The summed E-state index contributed by atoms with van der Waals surface area (Å²) in [5.41, 5.74) is 0. The number of esters is 1. The Labute approximate surface area is 416 Å². The Bertz CT molecular complexity index is 1170. The molecule has 0 heterocycles. The van der Waals surface area contributed by atoms with Crippen molar-refractivity contribution in [3.05, 3.63) is 60.8 Å². The predicted octanol–water partition coefficient (Wildman–Crippen LogP) is 18.0. The number of aliphatic hydroxyl groups is 2. The number of ether oxygens (including phenoxy) is 1. The highest BCUT2D eigenvalue weighted by molar-refractivity contribution is 5.76. The largest absolute Gasteiger partial charge is 0.466 e. The fourth-order valence-corrected chi connectivity index (χ4v) is 8.52. The van der Waals surface area contributed by atoms with Gasteiger partial charge in [-0.25, -0.2) is 0 Å². The van der Waals surface area contributed by atoms with E-state index in [9.17, 15) is 19.8 Å². The quantitative estimate of drug-likeness (QED) is 0.0321. The predicted molar refractivity (Wildman–Crippen MR) is 292 cm³/mol. The standard InChI is InChI=1S/C61H111NO5/c1-3-5-7-9-11-13-15-17-27-31-35-39-43-47-51-55-61(66)67-56-52-48-44-40-36-32-29-26-24-22-20-18-19-21-23-25-28-30-34-38-42-46-50-54-60(65)62-58(57-63)59(64)53-49-45-41-37-33-16-14-12-10-8-6-4-2/h11,13,17-18,20-21,23,27,49,53,58-59,63-64H,3-10,12,14-16,19,22,24-26,28-48,50-52,54-57H2,1-2H3,(H,62,65)/b13-11-,20-18-,23-21-,27-17-,53-49+. The first-order valence-corrected chi connectivity index (χ1v) is 29.1. The first kappa shape index (κ1) is 64.6. The average Bonchev–Trinajstić information content (AvgIpc) is 3.33. The van der Waals surface area contributed by atoms with E-state index in [0.29, 0.717) is 19.4 Å². The zero-order valence-corrected chi connectivity index (χ0v) is 44.4. The molecule has 2 atom stereocenters. The fourth-order valence-electron chi connectivity index (χ4n) is 8.52. The topological polar surface area (TPSA) is 95.9 Å². The molecule has 3 N–H and O–H groups in total. The molecular weight excluding hydrogens is 827 g/mol. The second-order valence-corrected chi connectivity index (χ2v) is 19.6. The molecule has 0 fully saturated rings. The van der Waals surface area contributed by atoms with Gasteiger partial charge in [0, 0.05) is 12.8 Å².